The summed E-state index contributed by atoms with van der Waals surface area (Å²) in [5.41, 5.74) is 5.12. The number of hydrogen-bond acceptors (Lipinski definition) is 5. The van der Waals surface area contributed by atoms with E-state index < -0.39 is 6.03 Å². The normalized spacial score (nSPS) is 10.9. The van der Waals surface area contributed by atoms with E-state index in [1.165, 1.54) is 6.07 Å². The lowest BCUT2D eigenvalue weighted by molar-refractivity contribution is 0.262. The number of urea groups is 1. The van der Waals surface area contributed by atoms with Crippen LogP contribution in [0.2, 0.25) is 0 Å². The first-order chi connectivity index (χ1) is 17.4. The van der Waals surface area contributed by atoms with Crippen LogP contribution in [0.3, 0.4) is 0 Å². The predicted molar refractivity (Wildman–Crippen MR) is 135 cm³/mol. The van der Waals surface area contributed by atoms with Crippen LogP contribution in [0.15, 0.2) is 83.8 Å². The number of benzene rings is 3. The van der Waals surface area contributed by atoms with Gasteiger partial charge in [-0.05, 0) is 55.3 Å². The fourth-order valence-corrected chi connectivity index (χ4v) is 3.65. The number of carbonyl (C=O) groups is 1. The Bertz CT molecular complexity index is 1520. The van der Waals surface area contributed by atoms with Gasteiger partial charge in [0.1, 0.15) is 11.5 Å². The smallest absolute Gasteiger partial charge is 0.323 e. The highest BCUT2D eigenvalue weighted by atomic mass is 19.1. The molecule has 8 nitrogen and oxygen atoms in total. The number of rotatable bonds is 6. The number of carbonyl (C=O) groups excluding carboxylic acids is 1. The van der Waals surface area contributed by atoms with Crippen molar-refractivity contribution >= 4 is 17.4 Å². The third-order valence-electron chi connectivity index (χ3n) is 5.56. The van der Waals surface area contributed by atoms with E-state index in [-0.39, 0.29) is 5.82 Å². The Balaban J connectivity index is 1.19. The van der Waals surface area contributed by atoms with Gasteiger partial charge in [-0.3, -0.25) is 0 Å². The summed E-state index contributed by atoms with van der Waals surface area (Å²) in [6.45, 7) is 4.25. The molecule has 9 heteroatoms. The highest BCUT2D eigenvalue weighted by molar-refractivity contribution is 5.99. The number of aromatic nitrogens is 4. The molecule has 0 atom stereocenters. The van der Waals surface area contributed by atoms with Gasteiger partial charge >= 0.3 is 6.03 Å². The Morgan fingerprint density at radius 1 is 1.00 bits per heavy atom. The van der Waals surface area contributed by atoms with Gasteiger partial charge in [0, 0.05) is 29.7 Å². The number of hydrogen-bond donors (Lipinski definition) is 2. The van der Waals surface area contributed by atoms with E-state index in [0.29, 0.717) is 40.9 Å². The molecule has 2 heterocycles. The molecule has 36 heavy (non-hydrogen) atoms. The molecule has 0 radical (unpaired) electrons. The maximum atomic E-state index is 13.7. The molecule has 5 rings (SSSR count). The molecule has 0 aliphatic heterocycles. The zero-order valence-electron chi connectivity index (χ0n) is 19.7. The second-order valence-corrected chi connectivity index (χ2v) is 8.46. The van der Waals surface area contributed by atoms with Crippen molar-refractivity contribution in [1.82, 2.24) is 19.7 Å². The number of halogens is 1. The summed E-state index contributed by atoms with van der Waals surface area (Å²) >= 11 is 0. The van der Waals surface area contributed by atoms with E-state index in [9.17, 15) is 9.18 Å². The van der Waals surface area contributed by atoms with Gasteiger partial charge in [0.2, 0.25) is 5.82 Å². The number of anilines is 2. The standard InChI is InChI=1S/C27H23FN6O2/c1-17-4-3-5-20(12-17)25-32-26(36-33-25)24-15-34(16-29-24)14-19-7-10-21(11-8-19)30-27(35)31-22-9-6-18(2)23(28)13-22/h3-13,15-16H,14H2,1-2H3,(H2,30,31,35). The largest absolute Gasteiger partial charge is 0.332 e. The summed E-state index contributed by atoms with van der Waals surface area (Å²) in [6, 6.07) is 19.4. The monoisotopic (exact) mass is 482 g/mol. The Labute approximate surface area is 206 Å². The quantitative estimate of drug-likeness (QED) is 0.307. The van der Waals surface area contributed by atoms with Gasteiger partial charge in [0.05, 0.1) is 6.33 Å². The van der Waals surface area contributed by atoms with E-state index >= 15 is 0 Å². The SMILES string of the molecule is Cc1cccc(-c2noc(-c3cn(Cc4ccc(NC(=O)Nc5ccc(C)c(F)c5)cc4)cn3)n2)c1. The summed E-state index contributed by atoms with van der Waals surface area (Å²) in [5.74, 6) is 0.498. The lowest BCUT2D eigenvalue weighted by Crippen LogP contribution is -2.19. The van der Waals surface area contributed by atoms with Crippen LogP contribution in [0.5, 0.6) is 0 Å². The minimum absolute atomic E-state index is 0.351. The van der Waals surface area contributed by atoms with Gasteiger partial charge in [-0.25, -0.2) is 14.2 Å². The van der Waals surface area contributed by atoms with Gasteiger partial charge in [-0.1, -0.05) is 47.1 Å². The molecular weight excluding hydrogens is 459 g/mol. The maximum absolute atomic E-state index is 13.7. The molecule has 0 aliphatic carbocycles. The lowest BCUT2D eigenvalue weighted by atomic mass is 10.1. The molecule has 2 aromatic heterocycles. The number of aryl methyl sites for hydroxylation is 2. The molecule has 5 aromatic rings. The van der Waals surface area contributed by atoms with Crippen LogP contribution in [0, 0.1) is 19.7 Å². The van der Waals surface area contributed by atoms with Gasteiger partial charge in [0.15, 0.2) is 0 Å². The average molecular weight is 483 g/mol. The van der Waals surface area contributed by atoms with Crippen molar-refractivity contribution in [2.75, 3.05) is 10.6 Å². The highest BCUT2D eigenvalue weighted by Gasteiger charge is 2.13. The predicted octanol–water partition coefficient (Wildman–Crippen LogP) is 6.05. The summed E-state index contributed by atoms with van der Waals surface area (Å²) < 4.78 is 21.0. The van der Waals surface area contributed by atoms with Gasteiger partial charge < -0.3 is 19.7 Å². The van der Waals surface area contributed by atoms with Gasteiger partial charge in [-0.2, -0.15) is 4.98 Å². The van der Waals surface area contributed by atoms with Crippen LogP contribution in [0.1, 0.15) is 16.7 Å². The molecule has 2 N–H and O–H groups in total. The molecule has 0 aliphatic rings. The molecule has 0 bridgehead atoms. The number of nitrogens with zero attached hydrogens (tertiary/aromatic N) is 4. The van der Waals surface area contributed by atoms with E-state index in [4.69, 9.17) is 4.52 Å². The highest BCUT2D eigenvalue weighted by Crippen LogP contribution is 2.22. The van der Waals surface area contributed by atoms with Gasteiger partial charge in [-0.15, -0.1) is 0 Å². The van der Waals surface area contributed by atoms with Crippen LogP contribution in [-0.4, -0.2) is 25.7 Å². The lowest BCUT2D eigenvalue weighted by Gasteiger charge is -2.09. The molecule has 0 saturated heterocycles. The average Bonchev–Trinajstić information content (AvgIpc) is 3.53. The summed E-state index contributed by atoms with van der Waals surface area (Å²) in [7, 11) is 0. The van der Waals surface area contributed by atoms with Crippen molar-refractivity contribution in [3.05, 3.63) is 102 Å². The molecule has 3 aromatic carbocycles. The van der Waals surface area contributed by atoms with Crippen LogP contribution in [0.25, 0.3) is 23.0 Å². The topological polar surface area (TPSA) is 97.9 Å². The van der Waals surface area contributed by atoms with Crippen LogP contribution >= 0.6 is 0 Å². The number of imidazole rings is 1. The molecule has 2 amide bonds. The van der Waals surface area contributed by atoms with E-state index in [0.717, 1.165) is 16.7 Å². The molecule has 0 unspecified atom stereocenters. The van der Waals surface area contributed by atoms with Crippen LogP contribution in [-0.2, 0) is 6.54 Å². The third kappa shape index (κ3) is 5.30. The molecular formula is C27H23FN6O2. The summed E-state index contributed by atoms with van der Waals surface area (Å²) in [4.78, 5) is 21.1. The zero-order chi connectivity index (χ0) is 25.1. The van der Waals surface area contributed by atoms with Crippen molar-refractivity contribution in [3.8, 4) is 23.0 Å². The summed E-state index contributed by atoms with van der Waals surface area (Å²) in [6.07, 6.45) is 3.54. The Kier molecular flexibility index (Phi) is 6.27. The van der Waals surface area contributed by atoms with Crippen molar-refractivity contribution in [2.24, 2.45) is 0 Å². The first-order valence-electron chi connectivity index (χ1n) is 11.3. The molecule has 0 fully saturated rings. The maximum Gasteiger partial charge on any atom is 0.323 e. The summed E-state index contributed by atoms with van der Waals surface area (Å²) in [5, 5.41) is 9.44. The molecule has 0 saturated carbocycles. The molecule has 180 valence electrons. The second kappa shape index (κ2) is 9.83. The van der Waals surface area contributed by atoms with Crippen molar-refractivity contribution in [1.29, 1.82) is 0 Å². The van der Waals surface area contributed by atoms with E-state index in [1.54, 1.807) is 37.5 Å². The number of amides is 2. The Hall–Kier alpha value is -4.79. The van der Waals surface area contributed by atoms with Crippen LogP contribution < -0.4 is 10.6 Å². The second-order valence-electron chi connectivity index (χ2n) is 8.46. The van der Waals surface area contributed by atoms with E-state index in [2.05, 4.69) is 25.8 Å². The minimum atomic E-state index is -0.449. The van der Waals surface area contributed by atoms with Crippen LogP contribution in [0.4, 0.5) is 20.6 Å². The number of nitrogens with one attached hydrogen (secondary N) is 2. The zero-order valence-corrected chi connectivity index (χ0v) is 19.7. The fraction of sp³-hybridized carbons (Fsp3) is 0.111. The first-order valence-corrected chi connectivity index (χ1v) is 11.3. The Morgan fingerprint density at radius 3 is 2.56 bits per heavy atom. The van der Waals surface area contributed by atoms with Crippen molar-refractivity contribution in [2.45, 2.75) is 20.4 Å². The molecule has 0 spiro atoms. The van der Waals surface area contributed by atoms with E-state index in [1.807, 2.05) is 54.1 Å². The van der Waals surface area contributed by atoms with Gasteiger partial charge in [0.25, 0.3) is 5.89 Å². The third-order valence-corrected chi connectivity index (χ3v) is 5.56. The first kappa shape index (κ1) is 23.0. The Morgan fingerprint density at radius 2 is 1.78 bits per heavy atom. The van der Waals surface area contributed by atoms with Crippen molar-refractivity contribution < 1.29 is 13.7 Å². The fourth-order valence-electron chi connectivity index (χ4n) is 3.65. The minimum Gasteiger partial charge on any atom is -0.332 e. The van der Waals surface area contributed by atoms with Crippen molar-refractivity contribution in [3.63, 3.8) is 0 Å².